The molecule has 2 rings (SSSR count). The summed E-state index contributed by atoms with van der Waals surface area (Å²) in [7, 11) is 0. The largest absolute Gasteiger partial charge is 0.481 e. The number of carboxylic acid groups (broad SMARTS) is 2. The van der Waals surface area contributed by atoms with E-state index in [1.807, 2.05) is 0 Å². The molecule has 0 radical (unpaired) electrons. The molecule has 0 aromatic heterocycles. The number of nitrogens with two attached hydrogens (primary N) is 1. The lowest BCUT2D eigenvalue weighted by Crippen LogP contribution is -2.71. The van der Waals surface area contributed by atoms with Gasteiger partial charge in [-0.3, -0.25) is 19.2 Å². The van der Waals surface area contributed by atoms with Crippen LogP contribution in [0.5, 0.6) is 0 Å². The highest BCUT2D eigenvalue weighted by Crippen LogP contribution is 2.64. The molecule has 0 spiro atoms. The smallest absolute Gasteiger partial charge is 0.332 e. The fourth-order valence-corrected chi connectivity index (χ4v) is 4.25. The van der Waals surface area contributed by atoms with E-state index in [4.69, 9.17) is 5.84 Å². The number of carbonyl (C=O) groups excluding carboxylic acids is 3. The third-order valence-electron chi connectivity index (χ3n) is 5.63. The number of hydrogen-bond acceptors (Lipinski definition) is 6. The first-order valence-electron chi connectivity index (χ1n) is 9.29. The van der Waals surface area contributed by atoms with Gasteiger partial charge in [-0.05, 0) is 18.8 Å². The van der Waals surface area contributed by atoms with E-state index in [0.29, 0.717) is 10.2 Å². The van der Waals surface area contributed by atoms with Crippen molar-refractivity contribution >= 4 is 42.1 Å². The summed E-state index contributed by atoms with van der Waals surface area (Å²) in [6, 6.07) is 0. The Balaban J connectivity index is 0.00000420. The quantitative estimate of drug-likeness (QED) is 0.307. The Bertz CT molecular complexity index is 718. The van der Waals surface area contributed by atoms with Gasteiger partial charge in [-0.2, -0.15) is 5.12 Å². The van der Waals surface area contributed by atoms with Gasteiger partial charge < -0.3 is 10.2 Å². The third kappa shape index (κ3) is 3.76. The van der Waals surface area contributed by atoms with E-state index >= 15 is 0 Å². The van der Waals surface area contributed by atoms with Gasteiger partial charge in [0.2, 0.25) is 5.91 Å². The molecule has 2 aliphatic rings. The van der Waals surface area contributed by atoms with Crippen molar-refractivity contribution in [3.63, 3.8) is 0 Å². The van der Waals surface area contributed by atoms with Crippen molar-refractivity contribution in [2.45, 2.75) is 58.4 Å². The van der Waals surface area contributed by atoms with Crippen LogP contribution in [0.25, 0.3) is 0 Å². The second kappa shape index (κ2) is 8.95. The van der Waals surface area contributed by atoms with Crippen LogP contribution in [0, 0.1) is 17.8 Å². The van der Waals surface area contributed by atoms with Crippen molar-refractivity contribution in [1.82, 2.24) is 15.2 Å². The van der Waals surface area contributed by atoms with E-state index in [1.165, 1.54) is 20.8 Å². The molecule has 164 valence electrons. The summed E-state index contributed by atoms with van der Waals surface area (Å²) in [5.74, 6) is -1.14. The number of hydrazine groups is 3. The van der Waals surface area contributed by atoms with Gasteiger partial charge in [0.25, 0.3) is 11.8 Å². The topological polar surface area (TPSA) is 162 Å². The van der Waals surface area contributed by atoms with Gasteiger partial charge in [0.05, 0.1) is 5.92 Å². The molecule has 0 heterocycles. The SMILES string of the molecule is CCC(=O)N(N)N(C(=O)CC)N(C(=O)CC)[C@@]1(C(=O)O)CC[C@H]2[C@H](C(=O)O)[C@H]21.Cl. The molecule has 12 heteroatoms. The van der Waals surface area contributed by atoms with E-state index in [0.717, 1.165) is 5.01 Å². The zero-order valence-corrected chi connectivity index (χ0v) is 17.3. The Hall–Kier alpha value is -2.40. The highest BCUT2D eigenvalue weighted by molar-refractivity contribution is 5.92. The molecule has 2 saturated carbocycles. The first-order valence-corrected chi connectivity index (χ1v) is 9.29. The minimum atomic E-state index is -1.96. The molecule has 0 aliphatic heterocycles. The van der Waals surface area contributed by atoms with Crippen LogP contribution in [0.2, 0.25) is 0 Å². The Kier molecular flexibility index (Phi) is 7.61. The number of carboxylic acids is 2. The number of hydrogen-bond donors (Lipinski definition) is 3. The Morgan fingerprint density at radius 3 is 1.86 bits per heavy atom. The minimum Gasteiger partial charge on any atom is -0.481 e. The monoisotopic (exact) mass is 434 g/mol. The van der Waals surface area contributed by atoms with Crippen LogP contribution in [0.3, 0.4) is 0 Å². The van der Waals surface area contributed by atoms with Gasteiger partial charge in [-0.1, -0.05) is 20.8 Å². The van der Waals surface area contributed by atoms with E-state index < -0.39 is 53.0 Å². The lowest BCUT2D eigenvalue weighted by Gasteiger charge is -2.47. The van der Waals surface area contributed by atoms with Crippen molar-refractivity contribution < 1.29 is 34.2 Å². The molecule has 11 nitrogen and oxygen atoms in total. The predicted octanol–water partition coefficient (Wildman–Crippen LogP) is 0.392. The predicted molar refractivity (Wildman–Crippen MR) is 101 cm³/mol. The second-order valence-electron chi connectivity index (χ2n) is 7.01. The van der Waals surface area contributed by atoms with Gasteiger partial charge in [0.1, 0.15) is 0 Å². The summed E-state index contributed by atoms with van der Waals surface area (Å²) in [6.07, 6.45) is -0.144. The van der Waals surface area contributed by atoms with Crippen LogP contribution in [0.4, 0.5) is 0 Å². The van der Waals surface area contributed by atoms with E-state index in [9.17, 15) is 34.2 Å². The number of halogens is 1. The number of amides is 3. The average molecular weight is 435 g/mol. The summed E-state index contributed by atoms with van der Waals surface area (Å²) in [6.45, 7) is 4.47. The van der Waals surface area contributed by atoms with Crippen LogP contribution in [-0.2, 0) is 24.0 Å². The maximum atomic E-state index is 12.9. The molecule has 0 bridgehead atoms. The van der Waals surface area contributed by atoms with Gasteiger partial charge in [-0.15, -0.1) is 17.5 Å². The van der Waals surface area contributed by atoms with Crippen molar-refractivity contribution in [2.75, 3.05) is 0 Å². The summed E-state index contributed by atoms with van der Waals surface area (Å²) in [5, 5.41) is 21.3. The lowest BCUT2D eigenvalue weighted by atomic mass is 9.89. The normalized spacial score (nSPS) is 26.6. The van der Waals surface area contributed by atoms with Crippen LogP contribution >= 0.6 is 12.4 Å². The van der Waals surface area contributed by atoms with Crippen molar-refractivity contribution in [3.05, 3.63) is 0 Å². The fourth-order valence-electron chi connectivity index (χ4n) is 4.25. The highest BCUT2D eigenvalue weighted by Gasteiger charge is 2.75. The van der Waals surface area contributed by atoms with E-state index in [-0.39, 0.29) is 44.5 Å². The molecular weight excluding hydrogens is 408 g/mol. The molecule has 2 aliphatic carbocycles. The number of fused-ring (bicyclic) bond motifs is 1. The van der Waals surface area contributed by atoms with Crippen molar-refractivity contribution in [1.29, 1.82) is 0 Å². The summed E-state index contributed by atoms with van der Waals surface area (Å²) >= 11 is 0. The van der Waals surface area contributed by atoms with Gasteiger partial charge >= 0.3 is 11.9 Å². The number of rotatable bonds is 6. The molecule has 2 fully saturated rings. The van der Waals surface area contributed by atoms with Gasteiger partial charge in [-0.25, -0.2) is 15.6 Å². The molecule has 0 aromatic rings. The number of nitrogens with zero attached hydrogens (tertiary/aromatic N) is 3. The average Bonchev–Trinajstić information content (AvgIpc) is 3.28. The summed E-state index contributed by atoms with van der Waals surface area (Å²) in [5.41, 5.74) is -1.96. The molecular formula is C17H27ClN4O7. The lowest BCUT2D eigenvalue weighted by molar-refractivity contribution is -0.232. The number of aliphatic carboxylic acids is 2. The zero-order chi connectivity index (χ0) is 21.4. The molecule has 3 amide bonds. The Morgan fingerprint density at radius 1 is 0.966 bits per heavy atom. The first kappa shape index (κ1) is 24.6. The molecule has 0 saturated heterocycles. The van der Waals surface area contributed by atoms with Crippen molar-refractivity contribution in [2.24, 2.45) is 23.6 Å². The van der Waals surface area contributed by atoms with Gasteiger partial charge in [0.15, 0.2) is 5.54 Å². The summed E-state index contributed by atoms with van der Waals surface area (Å²) in [4.78, 5) is 61.6. The molecule has 29 heavy (non-hydrogen) atoms. The third-order valence-corrected chi connectivity index (χ3v) is 5.63. The maximum Gasteiger partial charge on any atom is 0.332 e. The zero-order valence-electron chi connectivity index (χ0n) is 16.5. The molecule has 4 N–H and O–H groups in total. The van der Waals surface area contributed by atoms with E-state index in [2.05, 4.69) is 0 Å². The van der Waals surface area contributed by atoms with Crippen LogP contribution in [-0.4, -0.2) is 60.7 Å². The first-order chi connectivity index (χ1) is 13.1. The highest BCUT2D eigenvalue weighted by atomic mass is 35.5. The Labute approximate surface area is 174 Å². The van der Waals surface area contributed by atoms with Crippen LogP contribution in [0.15, 0.2) is 0 Å². The number of carbonyl (C=O) groups is 5. The summed E-state index contributed by atoms with van der Waals surface area (Å²) < 4.78 is 0. The van der Waals surface area contributed by atoms with Gasteiger partial charge in [0, 0.05) is 25.2 Å². The molecule has 0 unspecified atom stereocenters. The molecule has 0 aromatic carbocycles. The second-order valence-corrected chi connectivity index (χ2v) is 7.01. The van der Waals surface area contributed by atoms with Crippen LogP contribution in [0.1, 0.15) is 52.9 Å². The standard InChI is InChI=1S/C17H26N4O7.ClH/c1-4-10(22)19(21(12(24)6-3)20(18)11(23)5-2)17(16(27)28)8-7-9-13(14(9)17)15(25)26;/h9,13-14H,4-8,18H2,1-3H3,(H,25,26)(H,27,28);1H/t9-,13-,14-,17-;/m0./s1. The maximum absolute atomic E-state index is 12.9. The Morgan fingerprint density at radius 2 is 1.48 bits per heavy atom. The minimum absolute atomic E-state index is 0. The van der Waals surface area contributed by atoms with Crippen molar-refractivity contribution in [3.8, 4) is 0 Å². The fraction of sp³-hybridized carbons (Fsp3) is 0.706. The van der Waals surface area contributed by atoms with E-state index in [1.54, 1.807) is 0 Å². The van der Waals surface area contributed by atoms with Crippen LogP contribution < -0.4 is 5.84 Å². The molecule has 4 atom stereocenters.